The molecule has 0 aromatic heterocycles. The molecule has 1 aromatic rings. The topological polar surface area (TPSA) is 46.2 Å². The Hall–Kier alpha value is -1.40. The molecule has 21 heavy (non-hydrogen) atoms. The summed E-state index contributed by atoms with van der Waals surface area (Å²) in [5.41, 5.74) is 0.967. The molecule has 5 nitrogen and oxygen atoms in total. The lowest BCUT2D eigenvalue weighted by atomic mass is 10.1. The first-order valence-electron chi connectivity index (χ1n) is 7.16. The predicted octanol–water partition coefficient (Wildman–Crippen LogP) is 2.43. The van der Waals surface area contributed by atoms with Crippen LogP contribution in [0.15, 0.2) is 36.4 Å². The number of rotatable bonds is 4. The molecule has 0 N–H and O–H groups in total. The zero-order chi connectivity index (χ0) is 14.7. The predicted molar refractivity (Wildman–Crippen MR) is 76.0 cm³/mol. The molecule has 4 unspecified atom stereocenters. The number of benzene rings is 1. The minimum atomic E-state index is -0.381. The van der Waals surface area contributed by atoms with Gasteiger partial charge in [0.15, 0.2) is 12.6 Å². The van der Waals surface area contributed by atoms with Crippen molar-refractivity contribution in [3.8, 4) is 5.75 Å². The Morgan fingerprint density at radius 1 is 1.14 bits per heavy atom. The highest BCUT2D eigenvalue weighted by Crippen LogP contribution is 2.31. The van der Waals surface area contributed by atoms with Crippen LogP contribution in [-0.4, -0.2) is 38.8 Å². The van der Waals surface area contributed by atoms with Crippen LogP contribution in [0.1, 0.15) is 18.8 Å². The minimum Gasteiger partial charge on any atom is -0.497 e. The Morgan fingerprint density at radius 3 is 2.67 bits per heavy atom. The lowest BCUT2D eigenvalue weighted by Crippen LogP contribution is -2.45. The summed E-state index contributed by atoms with van der Waals surface area (Å²) in [5, 5.41) is 0. The summed E-state index contributed by atoms with van der Waals surface area (Å²) in [5.74, 6) is 0.813. The monoisotopic (exact) mass is 292 g/mol. The summed E-state index contributed by atoms with van der Waals surface area (Å²) < 4.78 is 28.1. The highest BCUT2D eigenvalue weighted by atomic mass is 16.7. The molecule has 0 spiro atoms. The van der Waals surface area contributed by atoms with E-state index in [2.05, 4.69) is 0 Å². The number of fused-ring (bicyclic) bond motifs is 1. The van der Waals surface area contributed by atoms with Gasteiger partial charge in [-0.1, -0.05) is 18.2 Å². The zero-order valence-electron chi connectivity index (χ0n) is 12.2. The van der Waals surface area contributed by atoms with Gasteiger partial charge in [0.05, 0.1) is 13.7 Å². The van der Waals surface area contributed by atoms with Crippen molar-refractivity contribution in [3.63, 3.8) is 0 Å². The van der Waals surface area contributed by atoms with Crippen LogP contribution in [0.5, 0.6) is 5.75 Å². The first kappa shape index (κ1) is 14.5. The smallest absolute Gasteiger partial charge is 0.184 e. The third-order valence-corrected chi connectivity index (χ3v) is 3.54. The SMILES string of the molecule is CCOC1C=CC2OC(c3ccc(OC)cc3)OCC2O1. The van der Waals surface area contributed by atoms with Crippen LogP contribution in [0.3, 0.4) is 0 Å². The lowest BCUT2D eigenvalue weighted by Gasteiger charge is -2.38. The highest BCUT2D eigenvalue weighted by molar-refractivity contribution is 5.28. The first-order valence-corrected chi connectivity index (χ1v) is 7.16. The van der Waals surface area contributed by atoms with Crippen molar-refractivity contribution in [1.82, 2.24) is 0 Å². The fourth-order valence-corrected chi connectivity index (χ4v) is 2.45. The molecule has 0 amide bonds. The fraction of sp³-hybridized carbons (Fsp3) is 0.500. The summed E-state index contributed by atoms with van der Waals surface area (Å²) in [6, 6.07) is 7.68. The molecule has 0 bridgehead atoms. The fourth-order valence-electron chi connectivity index (χ4n) is 2.45. The number of hydrogen-bond donors (Lipinski definition) is 0. The van der Waals surface area contributed by atoms with Gasteiger partial charge in [-0.3, -0.25) is 0 Å². The van der Waals surface area contributed by atoms with E-state index in [1.807, 2.05) is 43.3 Å². The summed E-state index contributed by atoms with van der Waals surface area (Å²) >= 11 is 0. The molecular formula is C16H20O5. The summed E-state index contributed by atoms with van der Waals surface area (Å²) in [7, 11) is 1.65. The van der Waals surface area contributed by atoms with E-state index in [9.17, 15) is 0 Å². The molecule has 1 aromatic carbocycles. The van der Waals surface area contributed by atoms with E-state index in [4.69, 9.17) is 23.7 Å². The Morgan fingerprint density at radius 2 is 1.95 bits per heavy atom. The van der Waals surface area contributed by atoms with Gasteiger partial charge in [-0.05, 0) is 25.1 Å². The maximum atomic E-state index is 5.95. The molecule has 0 radical (unpaired) electrons. The Labute approximate surface area is 124 Å². The molecule has 1 saturated heterocycles. The van der Waals surface area contributed by atoms with Crippen LogP contribution in [0.4, 0.5) is 0 Å². The van der Waals surface area contributed by atoms with Gasteiger partial charge in [-0.25, -0.2) is 0 Å². The van der Waals surface area contributed by atoms with Crippen molar-refractivity contribution < 1.29 is 23.7 Å². The second-order valence-electron chi connectivity index (χ2n) is 4.92. The molecule has 2 heterocycles. The molecule has 2 aliphatic heterocycles. The van der Waals surface area contributed by atoms with E-state index in [-0.39, 0.29) is 24.8 Å². The van der Waals surface area contributed by atoms with Gasteiger partial charge in [-0.15, -0.1) is 0 Å². The van der Waals surface area contributed by atoms with Crippen LogP contribution in [0.25, 0.3) is 0 Å². The lowest BCUT2D eigenvalue weighted by molar-refractivity contribution is -0.283. The minimum absolute atomic E-state index is 0.109. The van der Waals surface area contributed by atoms with Gasteiger partial charge >= 0.3 is 0 Å². The first-order chi connectivity index (χ1) is 10.3. The Bertz CT molecular complexity index is 484. The third kappa shape index (κ3) is 3.27. The van der Waals surface area contributed by atoms with Crippen LogP contribution in [0, 0.1) is 0 Å². The van der Waals surface area contributed by atoms with Crippen molar-refractivity contribution >= 4 is 0 Å². The van der Waals surface area contributed by atoms with E-state index >= 15 is 0 Å². The second-order valence-corrected chi connectivity index (χ2v) is 4.92. The van der Waals surface area contributed by atoms with Crippen molar-refractivity contribution in [2.45, 2.75) is 31.7 Å². The van der Waals surface area contributed by atoms with E-state index in [0.717, 1.165) is 11.3 Å². The standard InChI is InChI=1S/C16H20O5/c1-3-18-15-9-8-13-14(20-15)10-19-16(21-13)11-4-6-12(17-2)7-5-11/h4-9,13-16H,3,10H2,1-2H3. The summed E-state index contributed by atoms with van der Waals surface area (Å²) in [4.78, 5) is 0. The maximum Gasteiger partial charge on any atom is 0.184 e. The molecule has 0 saturated carbocycles. The quantitative estimate of drug-likeness (QED) is 0.798. The molecule has 4 atom stereocenters. The van der Waals surface area contributed by atoms with E-state index in [0.29, 0.717) is 13.2 Å². The molecule has 2 aliphatic rings. The van der Waals surface area contributed by atoms with Gasteiger partial charge in [0, 0.05) is 12.2 Å². The van der Waals surface area contributed by atoms with Gasteiger partial charge in [-0.2, -0.15) is 0 Å². The van der Waals surface area contributed by atoms with Gasteiger partial charge in [0.25, 0.3) is 0 Å². The highest BCUT2D eigenvalue weighted by Gasteiger charge is 2.35. The number of hydrogen-bond acceptors (Lipinski definition) is 5. The average molecular weight is 292 g/mol. The van der Waals surface area contributed by atoms with E-state index in [1.54, 1.807) is 7.11 Å². The van der Waals surface area contributed by atoms with Crippen molar-refractivity contribution in [3.05, 3.63) is 42.0 Å². The van der Waals surface area contributed by atoms with Crippen LogP contribution in [0.2, 0.25) is 0 Å². The third-order valence-electron chi connectivity index (χ3n) is 3.54. The molecule has 114 valence electrons. The molecule has 3 rings (SSSR count). The Kier molecular flexibility index (Phi) is 4.55. The van der Waals surface area contributed by atoms with Crippen LogP contribution >= 0.6 is 0 Å². The maximum absolute atomic E-state index is 5.95. The van der Waals surface area contributed by atoms with Gasteiger partial charge in [0.1, 0.15) is 18.0 Å². The van der Waals surface area contributed by atoms with E-state index in [1.165, 1.54) is 0 Å². The van der Waals surface area contributed by atoms with E-state index < -0.39 is 0 Å². The van der Waals surface area contributed by atoms with Gasteiger partial charge < -0.3 is 23.7 Å². The molecule has 1 fully saturated rings. The molecule has 0 aliphatic carbocycles. The average Bonchev–Trinajstić information content (AvgIpc) is 2.55. The van der Waals surface area contributed by atoms with Crippen molar-refractivity contribution in [2.24, 2.45) is 0 Å². The van der Waals surface area contributed by atoms with Crippen molar-refractivity contribution in [1.29, 1.82) is 0 Å². The zero-order valence-corrected chi connectivity index (χ0v) is 12.2. The van der Waals surface area contributed by atoms with Gasteiger partial charge in [0.2, 0.25) is 0 Å². The molecular weight excluding hydrogens is 272 g/mol. The second kappa shape index (κ2) is 6.58. The Balaban J connectivity index is 1.65. The van der Waals surface area contributed by atoms with Crippen LogP contribution in [-0.2, 0) is 18.9 Å². The van der Waals surface area contributed by atoms with Crippen molar-refractivity contribution in [2.75, 3.05) is 20.3 Å². The number of ether oxygens (including phenoxy) is 5. The summed E-state index contributed by atoms with van der Waals surface area (Å²) in [6.07, 6.45) is 2.97. The van der Waals surface area contributed by atoms with Crippen LogP contribution < -0.4 is 4.74 Å². The number of methoxy groups -OCH3 is 1. The molecule has 5 heteroatoms. The normalized spacial score (nSPS) is 31.7. The largest absolute Gasteiger partial charge is 0.497 e. The summed E-state index contributed by atoms with van der Waals surface area (Å²) in [6.45, 7) is 3.04.